The maximum absolute atomic E-state index is 14.2. The molecule has 0 aliphatic carbocycles. The van der Waals surface area contributed by atoms with E-state index in [4.69, 9.17) is 4.74 Å². The van der Waals surface area contributed by atoms with Gasteiger partial charge in [-0.3, -0.25) is 9.59 Å². The molecule has 0 fully saturated rings. The Morgan fingerprint density at radius 2 is 1.59 bits per heavy atom. The van der Waals surface area contributed by atoms with E-state index in [1.165, 1.54) is 12.5 Å². The number of unbranched alkanes of at least 4 members (excludes halogenated alkanes) is 5. The fourth-order valence-electron chi connectivity index (χ4n) is 4.55. The Labute approximate surface area is 236 Å². The van der Waals surface area contributed by atoms with E-state index in [1.54, 1.807) is 43.9 Å². The number of benzene rings is 1. The first kappa shape index (κ1) is 34.3. The number of carbonyl (C=O) groups is 3. The van der Waals surface area contributed by atoms with Crippen molar-refractivity contribution in [1.29, 1.82) is 0 Å². The summed E-state index contributed by atoms with van der Waals surface area (Å²) in [7, 11) is 0. The van der Waals surface area contributed by atoms with Crippen LogP contribution in [0.3, 0.4) is 0 Å². The average Bonchev–Trinajstić information content (AvgIpc) is 2.82. The summed E-state index contributed by atoms with van der Waals surface area (Å²) in [6.07, 6.45) is 7.18. The zero-order chi connectivity index (χ0) is 29.6. The molecule has 0 saturated heterocycles. The van der Waals surface area contributed by atoms with Gasteiger partial charge in [-0.1, -0.05) is 78.4 Å². The first-order valence-electron chi connectivity index (χ1n) is 14.7. The Hall–Kier alpha value is -2.77. The van der Waals surface area contributed by atoms with E-state index in [9.17, 15) is 19.5 Å². The van der Waals surface area contributed by atoms with Gasteiger partial charge < -0.3 is 25.4 Å². The van der Waals surface area contributed by atoms with Crippen molar-refractivity contribution < 1.29 is 24.2 Å². The predicted molar refractivity (Wildman–Crippen MR) is 156 cm³/mol. The summed E-state index contributed by atoms with van der Waals surface area (Å²) in [4.78, 5) is 42.2. The highest BCUT2D eigenvalue weighted by molar-refractivity contribution is 5.92. The summed E-state index contributed by atoms with van der Waals surface area (Å²) in [6.45, 7) is 15.5. The van der Waals surface area contributed by atoms with Crippen molar-refractivity contribution in [2.75, 3.05) is 6.54 Å². The molecule has 1 rings (SSSR count). The fraction of sp³-hybridized carbons (Fsp3) is 0.710. The average molecular weight is 548 g/mol. The SMILES string of the molecule is CCCCCCCCN(C(=O)C(NC(=O)OC(C)(C)C)C(C)C)C(C(=O)NC(C)CCC)c1cccc(O)c1. The summed E-state index contributed by atoms with van der Waals surface area (Å²) >= 11 is 0. The minimum atomic E-state index is -0.957. The second kappa shape index (κ2) is 17.0. The zero-order valence-electron chi connectivity index (χ0n) is 25.5. The molecule has 8 nitrogen and oxygen atoms in total. The van der Waals surface area contributed by atoms with Crippen LogP contribution in [0.1, 0.15) is 118 Å². The van der Waals surface area contributed by atoms with Crippen molar-refractivity contribution in [3.63, 3.8) is 0 Å². The van der Waals surface area contributed by atoms with Crippen LogP contribution in [0.5, 0.6) is 5.75 Å². The molecular formula is C31H53N3O5. The van der Waals surface area contributed by atoms with Crippen LogP contribution >= 0.6 is 0 Å². The maximum atomic E-state index is 14.2. The number of ether oxygens (including phenoxy) is 1. The Bertz CT molecular complexity index is 896. The van der Waals surface area contributed by atoms with Gasteiger partial charge in [-0.25, -0.2) is 4.79 Å². The normalized spacial score (nSPS) is 13.9. The highest BCUT2D eigenvalue weighted by atomic mass is 16.6. The molecule has 0 aromatic heterocycles. The summed E-state index contributed by atoms with van der Waals surface area (Å²) in [5.74, 6) is -0.883. The summed E-state index contributed by atoms with van der Waals surface area (Å²) < 4.78 is 5.44. The Kier molecular flexibility index (Phi) is 15.0. The molecule has 3 amide bonds. The molecule has 1 aromatic carbocycles. The van der Waals surface area contributed by atoms with E-state index in [-0.39, 0.29) is 29.5 Å². The fourth-order valence-corrected chi connectivity index (χ4v) is 4.55. The number of aromatic hydroxyl groups is 1. The van der Waals surface area contributed by atoms with Crippen molar-refractivity contribution in [3.05, 3.63) is 29.8 Å². The van der Waals surface area contributed by atoms with E-state index in [0.29, 0.717) is 12.1 Å². The molecule has 0 spiro atoms. The molecule has 3 atom stereocenters. The van der Waals surface area contributed by atoms with Gasteiger partial charge in [0.1, 0.15) is 23.4 Å². The number of phenols is 1. The van der Waals surface area contributed by atoms with Gasteiger partial charge in [-0.15, -0.1) is 0 Å². The van der Waals surface area contributed by atoms with Gasteiger partial charge in [0.05, 0.1) is 0 Å². The van der Waals surface area contributed by atoms with Crippen LogP contribution in [-0.2, 0) is 14.3 Å². The lowest BCUT2D eigenvalue weighted by Gasteiger charge is -2.36. The number of amides is 3. The van der Waals surface area contributed by atoms with Crippen LogP contribution in [0.15, 0.2) is 24.3 Å². The van der Waals surface area contributed by atoms with Crippen LogP contribution in [0.25, 0.3) is 0 Å². The van der Waals surface area contributed by atoms with Crippen molar-refractivity contribution in [1.82, 2.24) is 15.5 Å². The van der Waals surface area contributed by atoms with E-state index in [2.05, 4.69) is 24.5 Å². The predicted octanol–water partition coefficient (Wildman–Crippen LogP) is 6.48. The molecule has 3 unspecified atom stereocenters. The molecule has 0 saturated carbocycles. The minimum absolute atomic E-state index is 0.0196. The number of carbonyl (C=O) groups excluding carboxylic acids is 3. The lowest BCUT2D eigenvalue weighted by Crippen LogP contribution is -2.55. The molecule has 8 heteroatoms. The largest absolute Gasteiger partial charge is 0.508 e. The lowest BCUT2D eigenvalue weighted by molar-refractivity contribution is -0.143. The number of alkyl carbamates (subject to hydrolysis) is 1. The number of nitrogens with one attached hydrogen (secondary N) is 2. The van der Waals surface area contributed by atoms with E-state index < -0.39 is 23.8 Å². The van der Waals surface area contributed by atoms with E-state index in [0.717, 1.165) is 44.9 Å². The van der Waals surface area contributed by atoms with Gasteiger partial charge in [0.25, 0.3) is 0 Å². The standard InChI is InChI=1S/C31H53N3O5/c1-9-11-12-13-14-15-20-34(29(37)26(22(3)4)33-30(38)39-31(6,7)8)27(24-18-16-19-25(35)21-24)28(36)32-23(5)17-10-2/h16,18-19,21-23,26-27,35H,9-15,17,20H2,1-8H3,(H,32,36)(H,33,38). The second-order valence-corrected chi connectivity index (χ2v) is 11.9. The maximum Gasteiger partial charge on any atom is 0.408 e. The van der Waals surface area contributed by atoms with Gasteiger partial charge in [-0.2, -0.15) is 0 Å². The lowest BCUT2D eigenvalue weighted by atomic mass is 9.97. The van der Waals surface area contributed by atoms with Gasteiger partial charge in [0.15, 0.2) is 0 Å². The van der Waals surface area contributed by atoms with Crippen LogP contribution in [0.4, 0.5) is 4.79 Å². The first-order chi connectivity index (χ1) is 18.3. The minimum Gasteiger partial charge on any atom is -0.508 e. The van der Waals surface area contributed by atoms with Crippen molar-refractivity contribution in [3.8, 4) is 5.75 Å². The Morgan fingerprint density at radius 1 is 0.949 bits per heavy atom. The molecule has 0 aliphatic heterocycles. The quantitative estimate of drug-likeness (QED) is 0.205. The second-order valence-electron chi connectivity index (χ2n) is 11.9. The zero-order valence-corrected chi connectivity index (χ0v) is 25.5. The molecule has 0 aliphatic rings. The molecule has 3 N–H and O–H groups in total. The van der Waals surface area contributed by atoms with Crippen molar-refractivity contribution in [2.24, 2.45) is 5.92 Å². The summed E-state index contributed by atoms with van der Waals surface area (Å²) in [5, 5.41) is 16.1. The molecule has 222 valence electrons. The highest BCUT2D eigenvalue weighted by Crippen LogP contribution is 2.27. The molecule has 39 heavy (non-hydrogen) atoms. The van der Waals surface area contributed by atoms with Gasteiger partial charge in [0.2, 0.25) is 11.8 Å². The van der Waals surface area contributed by atoms with Crippen LogP contribution in [0.2, 0.25) is 0 Å². The topological polar surface area (TPSA) is 108 Å². The van der Waals surface area contributed by atoms with Crippen LogP contribution in [0, 0.1) is 5.92 Å². The highest BCUT2D eigenvalue weighted by Gasteiger charge is 2.37. The molecular weight excluding hydrogens is 494 g/mol. The van der Waals surface area contributed by atoms with Crippen LogP contribution < -0.4 is 10.6 Å². The summed E-state index contributed by atoms with van der Waals surface area (Å²) in [6, 6.07) is 4.57. The van der Waals surface area contributed by atoms with Gasteiger partial charge >= 0.3 is 6.09 Å². The van der Waals surface area contributed by atoms with Gasteiger partial charge in [-0.05, 0) is 64.2 Å². The molecule has 0 bridgehead atoms. The number of nitrogens with zero attached hydrogens (tertiary/aromatic N) is 1. The first-order valence-corrected chi connectivity index (χ1v) is 14.7. The Morgan fingerprint density at radius 3 is 2.15 bits per heavy atom. The molecule has 0 heterocycles. The molecule has 1 aromatic rings. The monoisotopic (exact) mass is 547 g/mol. The third-order valence-electron chi connectivity index (χ3n) is 6.50. The number of phenolic OH excluding ortho intramolecular Hbond substituents is 1. The Balaban J connectivity index is 3.43. The number of rotatable bonds is 16. The summed E-state index contributed by atoms with van der Waals surface area (Å²) in [5.41, 5.74) is -0.193. The van der Waals surface area contributed by atoms with E-state index in [1.807, 2.05) is 20.8 Å². The third kappa shape index (κ3) is 12.8. The van der Waals surface area contributed by atoms with Crippen molar-refractivity contribution in [2.45, 2.75) is 130 Å². The number of hydrogen-bond donors (Lipinski definition) is 3. The van der Waals surface area contributed by atoms with Gasteiger partial charge in [0, 0.05) is 12.6 Å². The number of hydrogen-bond acceptors (Lipinski definition) is 5. The molecule has 0 radical (unpaired) electrons. The van der Waals surface area contributed by atoms with Crippen molar-refractivity contribution >= 4 is 17.9 Å². The third-order valence-corrected chi connectivity index (χ3v) is 6.50. The smallest absolute Gasteiger partial charge is 0.408 e. The van der Waals surface area contributed by atoms with Crippen LogP contribution in [-0.4, -0.2) is 52.1 Å². The van der Waals surface area contributed by atoms with E-state index >= 15 is 0 Å².